The summed E-state index contributed by atoms with van der Waals surface area (Å²) in [6.07, 6.45) is 1.92. The lowest BCUT2D eigenvalue weighted by Gasteiger charge is -2.27. The van der Waals surface area contributed by atoms with E-state index in [9.17, 15) is 9.59 Å². The standard InChI is InChI=1S/C27H36N2O5/c1-5-27(20-12-9-8-10-13-20)18-34-24-21(26(31)28-4)16-19(17-22(24)27)25(30)29-15-11-14-23(32-6-2)33-7-3/h8-10,12-13,16-17,23H,5-7,11,14-15,18H2,1-4H3,(H,28,31)(H,29,30). The molecule has 1 aliphatic rings. The molecule has 0 saturated heterocycles. The van der Waals surface area contributed by atoms with Crippen LogP contribution >= 0.6 is 0 Å². The van der Waals surface area contributed by atoms with Crippen molar-refractivity contribution in [1.29, 1.82) is 0 Å². The number of carbonyl (C=O) groups excluding carboxylic acids is 2. The van der Waals surface area contributed by atoms with Crippen LogP contribution in [0.5, 0.6) is 5.75 Å². The first kappa shape index (κ1) is 25.7. The Morgan fingerprint density at radius 1 is 1.06 bits per heavy atom. The van der Waals surface area contributed by atoms with Gasteiger partial charge in [-0.15, -0.1) is 0 Å². The summed E-state index contributed by atoms with van der Waals surface area (Å²) in [5, 5.41) is 5.65. The van der Waals surface area contributed by atoms with Gasteiger partial charge in [0, 0.05) is 44.4 Å². The summed E-state index contributed by atoms with van der Waals surface area (Å²) in [5.41, 5.74) is 2.39. The molecule has 2 N–H and O–H groups in total. The van der Waals surface area contributed by atoms with Crippen molar-refractivity contribution in [3.8, 4) is 5.75 Å². The molecule has 34 heavy (non-hydrogen) atoms. The minimum absolute atomic E-state index is 0.220. The zero-order valence-electron chi connectivity index (χ0n) is 20.6. The fraction of sp³-hybridized carbons (Fsp3) is 0.481. The van der Waals surface area contributed by atoms with Crippen LogP contribution in [-0.2, 0) is 14.9 Å². The average Bonchev–Trinajstić information content (AvgIpc) is 3.26. The number of amides is 2. The van der Waals surface area contributed by atoms with Gasteiger partial charge in [-0.2, -0.15) is 0 Å². The van der Waals surface area contributed by atoms with Gasteiger partial charge in [0.25, 0.3) is 11.8 Å². The van der Waals surface area contributed by atoms with E-state index in [0.29, 0.717) is 49.7 Å². The van der Waals surface area contributed by atoms with Crippen LogP contribution in [0, 0.1) is 0 Å². The second-order valence-corrected chi connectivity index (χ2v) is 8.31. The molecule has 0 saturated carbocycles. The molecule has 184 valence electrons. The van der Waals surface area contributed by atoms with E-state index < -0.39 is 5.41 Å². The molecule has 0 bridgehead atoms. The van der Waals surface area contributed by atoms with Crippen molar-refractivity contribution in [2.24, 2.45) is 0 Å². The topological polar surface area (TPSA) is 85.9 Å². The van der Waals surface area contributed by atoms with Gasteiger partial charge in [-0.1, -0.05) is 37.3 Å². The molecule has 3 rings (SSSR count). The molecule has 0 radical (unpaired) electrons. The third-order valence-corrected chi connectivity index (χ3v) is 6.34. The molecule has 1 aliphatic heterocycles. The van der Waals surface area contributed by atoms with Crippen molar-refractivity contribution in [1.82, 2.24) is 10.6 Å². The molecule has 7 nitrogen and oxygen atoms in total. The third-order valence-electron chi connectivity index (χ3n) is 6.34. The van der Waals surface area contributed by atoms with Crippen LogP contribution in [0.4, 0.5) is 0 Å². The molecular formula is C27H36N2O5. The van der Waals surface area contributed by atoms with Crippen molar-refractivity contribution in [3.63, 3.8) is 0 Å². The van der Waals surface area contributed by atoms with E-state index in [0.717, 1.165) is 24.0 Å². The van der Waals surface area contributed by atoms with Crippen LogP contribution in [0.3, 0.4) is 0 Å². The number of hydrogen-bond acceptors (Lipinski definition) is 5. The smallest absolute Gasteiger partial charge is 0.254 e. The molecule has 0 aliphatic carbocycles. The predicted molar refractivity (Wildman–Crippen MR) is 131 cm³/mol. The van der Waals surface area contributed by atoms with Crippen molar-refractivity contribution >= 4 is 11.8 Å². The number of benzene rings is 2. The third kappa shape index (κ3) is 5.42. The molecule has 0 spiro atoms. The SMILES string of the molecule is CCOC(CCCNC(=O)c1cc(C(=O)NC)c2c(c1)C(CC)(c1ccccc1)CO2)OCC. The maximum Gasteiger partial charge on any atom is 0.254 e. The lowest BCUT2D eigenvalue weighted by Crippen LogP contribution is -2.30. The van der Waals surface area contributed by atoms with E-state index in [-0.39, 0.29) is 18.1 Å². The number of ether oxygens (including phenoxy) is 3. The van der Waals surface area contributed by atoms with Crippen molar-refractivity contribution in [2.45, 2.75) is 51.7 Å². The molecule has 7 heteroatoms. The van der Waals surface area contributed by atoms with Gasteiger partial charge in [0.1, 0.15) is 12.4 Å². The maximum atomic E-state index is 13.1. The number of hydrogen-bond donors (Lipinski definition) is 2. The van der Waals surface area contributed by atoms with Gasteiger partial charge in [0.15, 0.2) is 6.29 Å². The Bertz CT molecular complexity index is 972. The summed E-state index contributed by atoms with van der Waals surface area (Å²) >= 11 is 0. The highest BCUT2D eigenvalue weighted by Crippen LogP contribution is 2.47. The summed E-state index contributed by atoms with van der Waals surface area (Å²) in [6.45, 7) is 8.03. The minimum Gasteiger partial charge on any atom is -0.491 e. The fourth-order valence-electron chi connectivity index (χ4n) is 4.50. The van der Waals surface area contributed by atoms with Crippen LogP contribution in [0.15, 0.2) is 42.5 Å². The largest absolute Gasteiger partial charge is 0.491 e. The fourth-order valence-corrected chi connectivity index (χ4v) is 4.50. The van der Waals surface area contributed by atoms with E-state index in [1.54, 1.807) is 13.1 Å². The molecule has 0 aromatic heterocycles. The van der Waals surface area contributed by atoms with Gasteiger partial charge >= 0.3 is 0 Å². The van der Waals surface area contributed by atoms with Crippen LogP contribution in [-0.4, -0.2) is 51.5 Å². The zero-order chi connectivity index (χ0) is 24.6. The maximum absolute atomic E-state index is 13.1. The van der Waals surface area contributed by atoms with Gasteiger partial charge in [-0.3, -0.25) is 9.59 Å². The van der Waals surface area contributed by atoms with E-state index in [2.05, 4.69) is 29.7 Å². The molecule has 2 aromatic carbocycles. The molecule has 1 atom stereocenters. The number of fused-ring (bicyclic) bond motifs is 1. The molecule has 2 aromatic rings. The summed E-state index contributed by atoms with van der Waals surface area (Å²) in [7, 11) is 1.58. The van der Waals surface area contributed by atoms with Gasteiger partial charge in [-0.05, 0) is 44.4 Å². The zero-order valence-corrected chi connectivity index (χ0v) is 20.6. The Morgan fingerprint density at radius 3 is 2.38 bits per heavy atom. The highest BCUT2D eigenvalue weighted by molar-refractivity contribution is 6.02. The Morgan fingerprint density at radius 2 is 1.76 bits per heavy atom. The Labute approximate surface area is 202 Å². The van der Waals surface area contributed by atoms with Crippen LogP contribution < -0.4 is 15.4 Å². The molecule has 1 heterocycles. The van der Waals surface area contributed by atoms with E-state index in [4.69, 9.17) is 14.2 Å². The second kappa shape index (κ2) is 12.0. The molecular weight excluding hydrogens is 432 g/mol. The highest BCUT2D eigenvalue weighted by atomic mass is 16.7. The molecule has 2 amide bonds. The number of nitrogens with one attached hydrogen (secondary N) is 2. The van der Waals surface area contributed by atoms with Crippen molar-refractivity contribution in [3.05, 3.63) is 64.7 Å². The van der Waals surface area contributed by atoms with E-state index >= 15 is 0 Å². The lowest BCUT2D eigenvalue weighted by atomic mass is 9.73. The summed E-state index contributed by atoms with van der Waals surface area (Å²) in [4.78, 5) is 25.8. The Hall–Kier alpha value is -2.90. The van der Waals surface area contributed by atoms with E-state index in [1.807, 2.05) is 38.1 Å². The first-order valence-corrected chi connectivity index (χ1v) is 12.1. The van der Waals surface area contributed by atoms with Crippen LogP contribution in [0.2, 0.25) is 0 Å². The highest BCUT2D eigenvalue weighted by Gasteiger charge is 2.43. The quantitative estimate of drug-likeness (QED) is 0.363. The number of rotatable bonds is 12. The predicted octanol–water partition coefficient (Wildman–Crippen LogP) is 4.04. The minimum atomic E-state index is -0.419. The molecule has 1 unspecified atom stereocenters. The van der Waals surface area contributed by atoms with Crippen LogP contribution in [0.1, 0.15) is 71.9 Å². The first-order valence-electron chi connectivity index (χ1n) is 12.1. The Balaban J connectivity index is 1.85. The summed E-state index contributed by atoms with van der Waals surface area (Å²) in [5.74, 6) is 0.0577. The van der Waals surface area contributed by atoms with Crippen LogP contribution in [0.25, 0.3) is 0 Å². The molecule has 0 fully saturated rings. The number of carbonyl (C=O) groups is 2. The first-order chi connectivity index (χ1) is 16.5. The van der Waals surface area contributed by atoms with Gasteiger partial charge in [0.2, 0.25) is 0 Å². The summed E-state index contributed by atoms with van der Waals surface area (Å²) in [6, 6.07) is 13.6. The van der Waals surface area contributed by atoms with E-state index in [1.165, 1.54) is 0 Å². The monoisotopic (exact) mass is 468 g/mol. The Kier molecular flexibility index (Phi) is 9.07. The lowest BCUT2D eigenvalue weighted by molar-refractivity contribution is -0.139. The summed E-state index contributed by atoms with van der Waals surface area (Å²) < 4.78 is 17.2. The van der Waals surface area contributed by atoms with Crippen molar-refractivity contribution < 1.29 is 23.8 Å². The van der Waals surface area contributed by atoms with Crippen molar-refractivity contribution in [2.75, 3.05) is 33.4 Å². The average molecular weight is 469 g/mol. The van der Waals surface area contributed by atoms with Gasteiger partial charge in [0.05, 0.1) is 11.0 Å². The normalized spacial score (nSPS) is 16.7. The van der Waals surface area contributed by atoms with Gasteiger partial charge < -0.3 is 24.8 Å². The van der Waals surface area contributed by atoms with Gasteiger partial charge in [-0.25, -0.2) is 0 Å². The second-order valence-electron chi connectivity index (χ2n) is 8.31.